The summed E-state index contributed by atoms with van der Waals surface area (Å²) in [5.41, 5.74) is 3.70. The zero-order valence-electron chi connectivity index (χ0n) is 14.5. The average molecular weight is 293 g/mol. The van der Waals surface area contributed by atoms with Crippen LogP contribution < -0.4 is 10.6 Å². The molecule has 1 rings (SSSR count). The Kier molecular flexibility index (Phi) is 7.26. The first-order valence-electron chi connectivity index (χ1n) is 7.96. The minimum atomic E-state index is 0.714. The fourth-order valence-electron chi connectivity index (χ4n) is 2.52. The van der Waals surface area contributed by atoms with Gasteiger partial charge < -0.3 is 10.6 Å². The Bertz CT molecular complexity index is 457. The lowest BCUT2D eigenvalue weighted by molar-refractivity contribution is 0.481. The van der Waals surface area contributed by atoms with Gasteiger partial charge in [-0.3, -0.25) is 9.67 Å². The maximum absolute atomic E-state index is 4.45. The van der Waals surface area contributed by atoms with E-state index in [1.54, 1.807) is 0 Å². The van der Waals surface area contributed by atoms with Crippen LogP contribution in [0, 0.1) is 19.8 Å². The Morgan fingerprint density at radius 3 is 2.38 bits per heavy atom. The number of rotatable bonds is 7. The van der Waals surface area contributed by atoms with Crippen LogP contribution in [0.3, 0.4) is 0 Å². The lowest BCUT2D eigenvalue weighted by atomic mass is 10.0. The van der Waals surface area contributed by atoms with Gasteiger partial charge in [-0.05, 0) is 31.7 Å². The zero-order valence-corrected chi connectivity index (χ0v) is 14.5. The largest absolute Gasteiger partial charge is 0.356 e. The maximum Gasteiger partial charge on any atom is 0.190 e. The highest BCUT2D eigenvalue weighted by Gasteiger charge is 2.09. The Morgan fingerprint density at radius 2 is 1.90 bits per heavy atom. The zero-order chi connectivity index (χ0) is 15.8. The fourth-order valence-corrected chi connectivity index (χ4v) is 2.52. The van der Waals surface area contributed by atoms with Gasteiger partial charge in [-0.2, -0.15) is 5.10 Å². The number of hydrogen-bond donors (Lipinski definition) is 2. The fraction of sp³-hybridized carbons (Fsp3) is 0.750. The van der Waals surface area contributed by atoms with Crippen LogP contribution in [0.5, 0.6) is 0 Å². The number of hydrogen-bond acceptors (Lipinski definition) is 2. The van der Waals surface area contributed by atoms with E-state index >= 15 is 0 Å². The highest BCUT2D eigenvalue weighted by molar-refractivity contribution is 5.79. The van der Waals surface area contributed by atoms with Gasteiger partial charge in [-0.15, -0.1) is 0 Å². The third-order valence-corrected chi connectivity index (χ3v) is 4.26. The highest BCUT2D eigenvalue weighted by Crippen LogP contribution is 2.11. The van der Waals surface area contributed by atoms with E-state index in [-0.39, 0.29) is 0 Å². The summed E-state index contributed by atoms with van der Waals surface area (Å²) in [6.07, 6.45) is 3.38. The predicted octanol–water partition coefficient (Wildman–Crippen LogP) is 2.18. The molecular formula is C16H31N5. The molecule has 0 bridgehead atoms. The third kappa shape index (κ3) is 5.06. The number of nitrogens with one attached hydrogen (secondary N) is 2. The van der Waals surface area contributed by atoms with Crippen LogP contribution in [0.1, 0.15) is 43.6 Å². The topological polar surface area (TPSA) is 54.2 Å². The van der Waals surface area contributed by atoms with E-state index < -0.39 is 0 Å². The van der Waals surface area contributed by atoms with Crippen LogP contribution in [-0.4, -0.2) is 35.9 Å². The van der Waals surface area contributed by atoms with Gasteiger partial charge in [0.2, 0.25) is 0 Å². The molecule has 0 atom stereocenters. The van der Waals surface area contributed by atoms with Crippen molar-refractivity contribution in [3.8, 4) is 0 Å². The van der Waals surface area contributed by atoms with Crippen molar-refractivity contribution in [1.29, 1.82) is 0 Å². The Labute approximate surface area is 129 Å². The van der Waals surface area contributed by atoms with Crippen molar-refractivity contribution < 1.29 is 0 Å². The van der Waals surface area contributed by atoms with Crippen molar-refractivity contribution in [2.45, 2.75) is 47.0 Å². The third-order valence-electron chi connectivity index (χ3n) is 4.26. The molecule has 0 fully saturated rings. The van der Waals surface area contributed by atoms with E-state index in [9.17, 15) is 0 Å². The molecular weight excluding hydrogens is 262 g/mol. The molecule has 5 heteroatoms. The smallest absolute Gasteiger partial charge is 0.190 e. The molecule has 0 saturated heterocycles. The molecule has 5 nitrogen and oxygen atoms in total. The molecule has 0 aromatic carbocycles. The summed E-state index contributed by atoms with van der Waals surface area (Å²) in [5, 5.41) is 11.3. The molecule has 0 amide bonds. The molecule has 0 aliphatic heterocycles. The normalized spacial score (nSPS) is 12.0. The quantitative estimate of drug-likeness (QED) is 0.598. The number of aromatic nitrogens is 2. The second-order valence-electron chi connectivity index (χ2n) is 5.59. The Hall–Kier alpha value is -1.52. The van der Waals surface area contributed by atoms with Crippen molar-refractivity contribution in [3.63, 3.8) is 0 Å². The van der Waals surface area contributed by atoms with Crippen molar-refractivity contribution in [2.75, 3.05) is 20.1 Å². The number of aryl methyl sites for hydroxylation is 2. The van der Waals surface area contributed by atoms with Crippen molar-refractivity contribution in [1.82, 2.24) is 20.4 Å². The average Bonchev–Trinajstić information content (AvgIpc) is 2.72. The Balaban J connectivity index is 2.42. The van der Waals surface area contributed by atoms with Crippen LogP contribution >= 0.6 is 0 Å². The van der Waals surface area contributed by atoms with Crippen molar-refractivity contribution >= 4 is 5.96 Å². The van der Waals surface area contributed by atoms with Gasteiger partial charge in [0.25, 0.3) is 0 Å². The SMILES string of the molecule is CCC(CC)CNC(=NC)NCCc1c(C)nn(C)c1C. The van der Waals surface area contributed by atoms with Crippen LogP contribution in [-0.2, 0) is 13.5 Å². The van der Waals surface area contributed by atoms with Crippen LogP contribution in [0.25, 0.3) is 0 Å². The van der Waals surface area contributed by atoms with Crippen molar-refractivity contribution in [2.24, 2.45) is 18.0 Å². The van der Waals surface area contributed by atoms with Crippen LogP contribution in [0.2, 0.25) is 0 Å². The minimum Gasteiger partial charge on any atom is -0.356 e. The second-order valence-corrected chi connectivity index (χ2v) is 5.59. The van der Waals surface area contributed by atoms with E-state index in [0.717, 1.165) is 31.2 Å². The molecule has 0 aliphatic carbocycles. The van der Waals surface area contributed by atoms with Gasteiger partial charge in [0.15, 0.2) is 5.96 Å². The molecule has 0 spiro atoms. The number of nitrogens with zero attached hydrogens (tertiary/aromatic N) is 3. The number of guanidine groups is 1. The first kappa shape index (κ1) is 17.5. The lowest BCUT2D eigenvalue weighted by Gasteiger charge is -2.16. The van der Waals surface area contributed by atoms with Gasteiger partial charge in [0.05, 0.1) is 5.69 Å². The molecule has 0 unspecified atom stereocenters. The standard InChI is InChI=1S/C16H31N5/c1-7-14(8-2)11-19-16(17-5)18-10-9-15-12(3)20-21(6)13(15)4/h14H,7-11H2,1-6H3,(H2,17,18,19). The van der Waals surface area contributed by atoms with Crippen molar-refractivity contribution in [3.05, 3.63) is 17.0 Å². The molecule has 1 aromatic heterocycles. The van der Waals surface area contributed by atoms with Gasteiger partial charge in [-0.25, -0.2) is 0 Å². The summed E-state index contributed by atoms with van der Waals surface area (Å²) in [6, 6.07) is 0. The van der Waals surface area contributed by atoms with Gasteiger partial charge in [-0.1, -0.05) is 26.7 Å². The highest BCUT2D eigenvalue weighted by atomic mass is 15.3. The maximum atomic E-state index is 4.45. The minimum absolute atomic E-state index is 0.714. The van der Waals surface area contributed by atoms with E-state index in [2.05, 4.69) is 48.4 Å². The van der Waals surface area contributed by atoms with Gasteiger partial charge >= 0.3 is 0 Å². The first-order valence-corrected chi connectivity index (χ1v) is 7.96. The summed E-state index contributed by atoms with van der Waals surface area (Å²) >= 11 is 0. The van der Waals surface area contributed by atoms with Gasteiger partial charge in [0.1, 0.15) is 0 Å². The van der Waals surface area contributed by atoms with Gasteiger partial charge in [0, 0.05) is 32.9 Å². The lowest BCUT2D eigenvalue weighted by Crippen LogP contribution is -2.40. The van der Waals surface area contributed by atoms with E-state index in [1.807, 2.05) is 18.8 Å². The van der Waals surface area contributed by atoms with E-state index in [4.69, 9.17) is 0 Å². The van der Waals surface area contributed by atoms with Crippen LogP contribution in [0.15, 0.2) is 4.99 Å². The summed E-state index contributed by atoms with van der Waals surface area (Å²) in [7, 11) is 3.82. The molecule has 2 N–H and O–H groups in total. The molecule has 1 heterocycles. The summed E-state index contributed by atoms with van der Waals surface area (Å²) < 4.78 is 1.95. The van der Waals surface area contributed by atoms with Crippen LogP contribution in [0.4, 0.5) is 0 Å². The molecule has 1 aromatic rings. The molecule has 21 heavy (non-hydrogen) atoms. The Morgan fingerprint density at radius 1 is 1.24 bits per heavy atom. The monoisotopic (exact) mass is 293 g/mol. The van der Waals surface area contributed by atoms with E-state index in [0.29, 0.717) is 5.92 Å². The first-order chi connectivity index (χ1) is 10.0. The molecule has 0 radical (unpaired) electrons. The molecule has 0 aliphatic rings. The summed E-state index contributed by atoms with van der Waals surface area (Å²) in [4.78, 5) is 4.28. The summed E-state index contributed by atoms with van der Waals surface area (Å²) in [5.74, 6) is 1.60. The van der Waals surface area contributed by atoms with E-state index in [1.165, 1.54) is 24.1 Å². The second kappa shape index (κ2) is 8.70. The predicted molar refractivity (Wildman–Crippen MR) is 89.8 cm³/mol. The molecule has 0 saturated carbocycles. The summed E-state index contributed by atoms with van der Waals surface area (Å²) in [6.45, 7) is 10.5. The molecule has 120 valence electrons. The number of aliphatic imine (C=N–C) groups is 1.